The second kappa shape index (κ2) is 8.95. The summed E-state index contributed by atoms with van der Waals surface area (Å²) >= 11 is 9.29. The van der Waals surface area contributed by atoms with Crippen LogP contribution < -0.4 is 4.74 Å². The van der Waals surface area contributed by atoms with Gasteiger partial charge in [0.05, 0.1) is 17.7 Å². The fourth-order valence-electron chi connectivity index (χ4n) is 2.82. The lowest BCUT2D eigenvalue weighted by Gasteiger charge is -2.03. The number of thioether (sulfide) groups is 1. The van der Waals surface area contributed by atoms with E-state index in [2.05, 4.69) is 16.3 Å². The van der Waals surface area contributed by atoms with Crippen LogP contribution in [0.5, 0.6) is 5.75 Å². The van der Waals surface area contributed by atoms with Crippen LogP contribution in [0, 0.1) is 6.92 Å². The van der Waals surface area contributed by atoms with Crippen molar-refractivity contribution in [2.75, 3.05) is 7.11 Å². The molecule has 0 aliphatic rings. The van der Waals surface area contributed by atoms with Crippen LogP contribution in [0.1, 0.15) is 11.3 Å². The van der Waals surface area contributed by atoms with Crippen LogP contribution in [0.4, 0.5) is 0 Å². The first-order valence-corrected chi connectivity index (χ1v) is 11.1. The van der Waals surface area contributed by atoms with Crippen molar-refractivity contribution in [2.24, 2.45) is 0 Å². The Kier molecular flexibility index (Phi) is 6.13. The molecule has 0 aliphatic carbocycles. The summed E-state index contributed by atoms with van der Waals surface area (Å²) in [4.78, 5) is 5.75. The van der Waals surface area contributed by atoms with Crippen molar-refractivity contribution in [3.8, 4) is 26.9 Å². The van der Waals surface area contributed by atoms with Gasteiger partial charge in [0.1, 0.15) is 21.5 Å². The molecule has 0 saturated carbocycles. The molecule has 2 heterocycles. The Labute approximate surface area is 183 Å². The lowest BCUT2D eigenvalue weighted by molar-refractivity contribution is 0.415. The van der Waals surface area contributed by atoms with Gasteiger partial charge in [-0.15, -0.1) is 21.5 Å². The van der Waals surface area contributed by atoms with Crippen LogP contribution in [0.25, 0.3) is 21.1 Å². The highest BCUT2D eigenvalue weighted by molar-refractivity contribution is 7.98. The summed E-state index contributed by atoms with van der Waals surface area (Å²) in [5, 5.41) is 11.4. The molecule has 0 fully saturated rings. The van der Waals surface area contributed by atoms with Crippen molar-refractivity contribution < 1.29 is 4.74 Å². The summed E-state index contributed by atoms with van der Waals surface area (Å²) in [6, 6.07) is 19.8. The minimum atomic E-state index is 0.747. The first kappa shape index (κ1) is 19.9. The number of benzene rings is 2. The second-order valence-electron chi connectivity index (χ2n) is 6.34. The Morgan fingerprint density at radius 2 is 1.90 bits per heavy atom. The van der Waals surface area contributed by atoms with Gasteiger partial charge in [0, 0.05) is 16.3 Å². The topological polar surface area (TPSA) is 47.9 Å². The molecule has 0 amide bonds. The summed E-state index contributed by atoms with van der Waals surface area (Å²) in [5.74, 6) is 1.62. The Morgan fingerprint density at radius 1 is 1.03 bits per heavy atom. The van der Waals surface area contributed by atoms with Gasteiger partial charge in [-0.05, 0) is 48.9 Å². The molecule has 7 heteroatoms. The van der Waals surface area contributed by atoms with E-state index in [1.165, 1.54) is 0 Å². The minimum Gasteiger partial charge on any atom is -0.497 e. The number of halogens is 1. The number of methoxy groups -OCH3 is 1. The quantitative estimate of drug-likeness (QED) is 0.319. The first-order valence-electron chi connectivity index (χ1n) is 8.95. The van der Waals surface area contributed by atoms with E-state index >= 15 is 0 Å². The fraction of sp³-hybridized carbons (Fsp3) is 0.136. The number of thiazole rings is 1. The van der Waals surface area contributed by atoms with Gasteiger partial charge < -0.3 is 4.74 Å². The molecule has 2 aromatic carbocycles. The molecule has 0 atom stereocenters. The maximum absolute atomic E-state index is 6.04. The molecule has 0 aliphatic heterocycles. The first-order chi connectivity index (χ1) is 14.1. The number of hydrogen-bond acceptors (Lipinski definition) is 6. The van der Waals surface area contributed by atoms with Gasteiger partial charge in [-0.1, -0.05) is 47.6 Å². The third kappa shape index (κ3) is 4.78. The van der Waals surface area contributed by atoms with E-state index in [0.717, 1.165) is 54.0 Å². The van der Waals surface area contributed by atoms with E-state index < -0.39 is 0 Å². The van der Waals surface area contributed by atoms with E-state index in [1.54, 1.807) is 30.2 Å². The Morgan fingerprint density at radius 3 is 2.66 bits per heavy atom. The van der Waals surface area contributed by atoms with Gasteiger partial charge in [0.25, 0.3) is 0 Å². The summed E-state index contributed by atoms with van der Waals surface area (Å²) in [6.07, 6.45) is 0. The monoisotopic (exact) mass is 439 g/mol. The summed E-state index contributed by atoms with van der Waals surface area (Å²) in [6.45, 7) is 2.00. The summed E-state index contributed by atoms with van der Waals surface area (Å²) in [5.41, 5.74) is 3.97. The van der Waals surface area contributed by atoms with Crippen LogP contribution in [0.3, 0.4) is 0 Å². The fourth-order valence-corrected chi connectivity index (χ4v) is 4.81. The number of aryl methyl sites for hydroxylation is 1. The predicted molar refractivity (Wildman–Crippen MR) is 121 cm³/mol. The van der Waals surface area contributed by atoms with Crippen LogP contribution in [0.2, 0.25) is 5.02 Å². The van der Waals surface area contributed by atoms with E-state index in [4.69, 9.17) is 21.3 Å². The molecule has 4 rings (SSSR count). The Bertz CT molecular complexity index is 1130. The predicted octanol–water partition coefficient (Wildman–Crippen LogP) is 6.53. The van der Waals surface area contributed by atoms with Crippen LogP contribution in [-0.4, -0.2) is 22.3 Å². The summed E-state index contributed by atoms with van der Waals surface area (Å²) < 4.78 is 5.32. The lowest BCUT2D eigenvalue weighted by Crippen LogP contribution is -1.90. The van der Waals surface area contributed by atoms with Crippen molar-refractivity contribution in [3.05, 3.63) is 76.9 Å². The highest BCUT2D eigenvalue weighted by atomic mass is 35.5. The molecule has 0 N–H and O–H groups in total. The maximum Gasteiger partial charge on any atom is 0.124 e. The zero-order valence-electron chi connectivity index (χ0n) is 15.9. The Hall–Kier alpha value is -2.41. The van der Waals surface area contributed by atoms with Crippen LogP contribution >= 0.6 is 34.7 Å². The average molecular weight is 440 g/mol. The highest BCUT2D eigenvalue weighted by Gasteiger charge is 2.13. The average Bonchev–Trinajstić information content (AvgIpc) is 3.14. The number of ether oxygens (including phenoxy) is 1. The molecule has 4 nitrogen and oxygen atoms in total. The molecule has 146 valence electrons. The smallest absolute Gasteiger partial charge is 0.124 e. The standard InChI is InChI=1S/C22H18ClN3OS2/c1-14-21(29-22(24-14)16-6-4-8-18(12-16)27-2)19-9-10-20(26-25-19)28-13-15-5-3-7-17(23)11-15/h3-12H,13H2,1-2H3. The van der Waals surface area contributed by atoms with Crippen LogP contribution in [-0.2, 0) is 5.75 Å². The van der Waals surface area contributed by atoms with Crippen LogP contribution in [0.15, 0.2) is 65.7 Å². The molecule has 4 aromatic rings. The normalized spacial score (nSPS) is 10.9. The Balaban J connectivity index is 1.51. The number of hydrogen-bond donors (Lipinski definition) is 0. The molecule has 0 spiro atoms. The molecule has 0 bridgehead atoms. The highest BCUT2D eigenvalue weighted by Crippen LogP contribution is 2.35. The van der Waals surface area contributed by atoms with Crippen molar-refractivity contribution in [1.82, 2.24) is 15.2 Å². The molecular weight excluding hydrogens is 422 g/mol. The van der Waals surface area contributed by atoms with Crippen molar-refractivity contribution >= 4 is 34.7 Å². The summed E-state index contributed by atoms with van der Waals surface area (Å²) in [7, 11) is 1.67. The molecular formula is C22H18ClN3OS2. The molecule has 29 heavy (non-hydrogen) atoms. The maximum atomic E-state index is 6.04. The van der Waals surface area contributed by atoms with Gasteiger partial charge in [-0.2, -0.15) is 0 Å². The zero-order valence-corrected chi connectivity index (χ0v) is 18.3. The third-order valence-electron chi connectivity index (χ3n) is 4.26. The van der Waals surface area contributed by atoms with Gasteiger partial charge >= 0.3 is 0 Å². The van der Waals surface area contributed by atoms with Gasteiger partial charge in [0.15, 0.2) is 0 Å². The van der Waals surface area contributed by atoms with Crippen molar-refractivity contribution in [3.63, 3.8) is 0 Å². The van der Waals surface area contributed by atoms with Crippen molar-refractivity contribution in [1.29, 1.82) is 0 Å². The van der Waals surface area contributed by atoms with E-state index in [0.29, 0.717) is 0 Å². The molecule has 0 radical (unpaired) electrons. The number of aromatic nitrogens is 3. The number of nitrogens with zero attached hydrogens (tertiary/aromatic N) is 3. The van der Waals surface area contributed by atoms with E-state index in [-0.39, 0.29) is 0 Å². The second-order valence-corrected chi connectivity index (χ2v) is 8.77. The van der Waals surface area contributed by atoms with Gasteiger partial charge in [-0.3, -0.25) is 0 Å². The van der Waals surface area contributed by atoms with E-state index in [1.807, 2.05) is 61.5 Å². The zero-order chi connectivity index (χ0) is 20.2. The van der Waals surface area contributed by atoms with Gasteiger partial charge in [0.2, 0.25) is 0 Å². The lowest BCUT2D eigenvalue weighted by atomic mass is 10.2. The number of rotatable bonds is 6. The molecule has 0 saturated heterocycles. The SMILES string of the molecule is COc1cccc(-c2nc(C)c(-c3ccc(SCc4cccc(Cl)c4)nn3)s2)c1. The van der Waals surface area contributed by atoms with E-state index in [9.17, 15) is 0 Å². The van der Waals surface area contributed by atoms with Crippen molar-refractivity contribution in [2.45, 2.75) is 17.7 Å². The molecule has 2 aromatic heterocycles. The minimum absolute atomic E-state index is 0.747. The largest absolute Gasteiger partial charge is 0.497 e. The third-order valence-corrected chi connectivity index (χ3v) is 6.72. The van der Waals surface area contributed by atoms with Gasteiger partial charge in [-0.25, -0.2) is 4.98 Å². The molecule has 0 unspecified atom stereocenters.